The molecule has 0 bridgehead atoms. The summed E-state index contributed by atoms with van der Waals surface area (Å²) in [5, 5.41) is 2.87. The van der Waals surface area contributed by atoms with Gasteiger partial charge in [-0.3, -0.25) is 4.79 Å². The summed E-state index contributed by atoms with van der Waals surface area (Å²) in [6.07, 6.45) is 0. The molecule has 0 atom stereocenters. The predicted molar refractivity (Wildman–Crippen MR) is 88.7 cm³/mol. The first kappa shape index (κ1) is 14.8. The summed E-state index contributed by atoms with van der Waals surface area (Å²) in [6.45, 7) is 2.00. The second kappa shape index (κ2) is 6.20. The zero-order valence-electron chi connectivity index (χ0n) is 10.0. The third-order valence-corrected chi connectivity index (χ3v) is 4.61. The molecule has 2 aromatic carbocycles. The third kappa shape index (κ3) is 3.68. The Morgan fingerprint density at radius 3 is 2.37 bits per heavy atom. The van der Waals surface area contributed by atoms with Crippen LogP contribution < -0.4 is 5.32 Å². The van der Waals surface area contributed by atoms with Gasteiger partial charge in [-0.05, 0) is 58.7 Å². The number of benzene rings is 2. The minimum Gasteiger partial charge on any atom is -0.322 e. The molecular weight excluding hydrogens is 438 g/mol. The van der Waals surface area contributed by atoms with Gasteiger partial charge in [-0.15, -0.1) is 0 Å². The molecule has 0 aliphatic carbocycles. The van der Waals surface area contributed by atoms with Crippen molar-refractivity contribution in [1.29, 1.82) is 0 Å². The number of hydrogen-bond acceptors (Lipinski definition) is 1. The summed E-state index contributed by atoms with van der Waals surface area (Å²) in [5.74, 6) is -0.143. The van der Waals surface area contributed by atoms with Gasteiger partial charge in [-0.25, -0.2) is 0 Å². The zero-order valence-corrected chi connectivity index (χ0v) is 14.8. The number of carbonyl (C=O) groups is 1. The van der Waals surface area contributed by atoms with E-state index in [1.165, 1.54) is 0 Å². The Hall–Kier alpha value is -0.650. The maximum absolute atomic E-state index is 12.2. The zero-order chi connectivity index (χ0) is 14.0. The van der Waals surface area contributed by atoms with E-state index in [1.54, 1.807) is 6.07 Å². The number of nitrogens with one attached hydrogen (secondary N) is 1. The Morgan fingerprint density at radius 2 is 1.74 bits per heavy atom. The van der Waals surface area contributed by atoms with E-state index in [4.69, 9.17) is 0 Å². The molecule has 0 fully saturated rings. The fourth-order valence-corrected chi connectivity index (χ4v) is 3.15. The Bertz CT molecular complexity index is 641. The third-order valence-electron chi connectivity index (χ3n) is 2.61. The highest BCUT2D eigenvalue weighted by molar-refractivity contribution is 9.11. The van der Waals surface area contributed by atoms with Crippen molar-refractivity contribution in [2.24, 2.45) is 0 Å². The Balaban J connectivity index is 2.23. The van der Waals surface area contributed by atoms with Gasteiger partial charge in [0.25, 0.3) is 5.91 Å². The lowest BCUT2D eigenvalue weighted by Gasteiger charge is -2.08. The molecule has 19 heavy (non-hydrogen) atoms. The first-order valence-electron chi connectivity index (χ1n) is 5.50. The SMILES string of the molecule is Cc1ccc(NC(=O)c2ccc(Br)cc2Br)cc1Br. The van der Waals surface area contributed by atoms with Crippen molar-refractivity contribution >= 4 is 59.4 Å². The van der Waals surface area contributed by atoms with Gasteiger partial charge in [-0.2, -0.15) is 0 Å². The molecule has 0 saturated carbocycles. The van der Waals surface area contributed by atoms with Crippen LogP contribution in [-0.4, -0.2) is 5.91 Å². The van der Waals surface area contributed by atoms with Gasteiger partial charge < -0.3 is 5.32 Å². The van der Waals surface area contributed by atoms with Gasteiger partial charge in [0.2, 0.25) is 0 Å². The highest BCUT2D eigenvalue weighted by atomic mass is 79.9. The largest absolute Gasteiger partial charge is 0.322 e. The van der Waals surface area contributed by atoms with E-state index < -0.39 is 0 Å². The normalized spacial score (nSPS) is 10.3. The fourth-order valence-electron chi connectivity index (χ4n) is 1.54. The molecule has 0 unspecified atom stereocenters. The maximum Gasteiger partial charge on any atom is 0.256 e. The number of amides is 1. The number of anilines is 1. The molecule has 0 spiro atoms. The molecule has 0 aliphatic heterocycles. The smallest absolute Gasteiger partial charge is 0.256 e. The molecule has 2 nitrogen and oxygen atoms in total. The van der Waals surface area contributed by atoms with Crippen molar-refractivity contribution < 1.29 is 4.79 Å². The Labute approximate surface area is 137 Å². The van der Waals surface area contributed by atoms with Crippen molar-refractivity contribution in [3.8, 4) is 0 Å². The van der Waals surface area contributed by atoms with E-state index in [0.717, 1.165) is 24.7 Å². The molecule has 98 valence electrons. The second-order valence-corrected chi connectivity index (χ2v) is 6.67. The molecule has 0 aliphatic rings. The quantitative estimate of drug-likeness (QED) is 0.643. The molecule has 0 heterocycles. The molecule has 5 heteroatoms. The number of aryl methyl sites for hydroxylation is 1. The minimum absolute atomic E-state index is 0.143. The summed E-state index contributed by atoms with van der Waals surface area (Å²) >= 11 is 10.2. The Morgan fingerprint density at radius 1 is 1.00 bits per heavy atom. The van der Waals surface area contributed by atoms with Crippen LogP contribution in [0.25, 0.3) is 0 Å². The van der Waals surface area contributed by atoms with E-state index >= 15 is 0 Å². The molecule has 2 aromatic rings. The second-order valence-electron chi connectivity index (χ2n) is 4.04. The number of hydrogen-bond donors (Lipinski definition) is 1. The highest BCUT2D eigenvalue weighted by Crippen LogP contribution is 2.24. The number of rotatable bonds is 2. The molecule has 0 radical (unpaired) electrons. The van der Waals surface area contributed by atoms with Gasteiger partial charge in [0, 0.05) is 19.1 Å². The van der Waals surface area contributed by atoms with E-state index in [9.17, 15) is 4.79 Å². The summed E-state index contributed by atoms with van der Waals surface area (Å²) < 4.78 is 2.65. The molecular formula is C14H10Br3NO. The first-order chi connectivity index (χ1) is 8.97. The first-order valence-corrected chi connectivity index (χ1v) is 7.88. The van der Waals surface area contributed by atoms with Crippen LogP contribution in [0.15, 0.2) is 49.8 Å². The summed E-state index contributed by atoms with van der Waals surface area (Å²) in [6, 6.07) is 11.2. The van der Waals surface area contributed by atoms with Crippen molar-refractivity contribution in [3.63, 3.8) is 0 Å². The lowest BCUT2D eigenvalue weighted by molar-refractivity contribution is 0.102. The fraction of sp³-hybridized carbons (Fsp3) is 0.0714. The summed E-state index contributed by atoms with van der Waals surface area (Å²) in [7, 11) is 0. The highest BCUT2D eigenvalue weighted by Gasteiger charge is 2.10. The van der Waals surface area contributed by atoms with Crippen molar-refractivity contribution in [2.75, 3.05) is 5.32 Å². The van der Waals surface area contributed by atoms with Gasteiger partial charge >= 0.3 is 0 Å². The predicted octanol–water partition coefficient (Wildman–Crippen LogP) is 5.53. The topological polar surface area (TPSA) is 29.1 Å². The van der Waals surface area contributed by atoms with E-state index in [1.807, 2.05) is 37.3 Å². The molecule has 0 saturated heterocycles. The minimum atomic E-state index is -0.143. The van der Waals surface area contributed by atoms with Gasteiger partial charge in [0.1, 0.15) is 0 Å². The van der Waals surface area contributed by atoms with Crippen molar-refractivity contribution in [1.82, 2.24) is 0 Å². The maximum atomic E-state index is 12.2. The number of halogens is 3. The van der Waals surface area contributed by atoms with Gasteiger partial charge in [-0.1, -0.05) is 37.9 Å². The van der Waals surface area contributed by atoms with Crippen LogP contribution in [0.3, 0.4) is 0 Å². The molecule has 0 aromatic heterocycles. The van der Waals surface area contributed by atoms with Gasteiger partial charge in [0.15, 0.2) is 0 Å². The van der Waals surface area contributed by atoms with E-state index in [0.29, 0.717) is 5.56 Å². The molecule has 1 amide bonds. The van der Waals surface area contributed by atoms with Crippen LogP contribution in [0.5, 0.6) is 0 Å². The van der Waals surface area contributed by atoms with Crippen molar-refractivity contribution in [2.45, 2.75) is 6.92 Å². The average Bonchev–Trinajstić information content (AvgIpc) is 2.33. The van der Waals surface area contributed by atoms with Crippen LogP contribution in [0, 0.1) is 6.92 Å². The van der Waals surface area contributed by atoms with Crippen LogP contribution in [0.1, 0.15) is 15.9 Å². The average molecular weight is 448 g/mol. The molecule has 2 rings (SSSR count). The lowest BCUT2D eigenvalue weighted by atomic mass is 10.2. The standard InChI is InChI=1S/C14H10Br3NO/c1-8-2-4-10(7-12(8)16)18-14(19)11-5-3-9(15)6-13(11)17/h2-7H,1H3,(H,18,19). The summed E-state index contributed by atoms with van der Waals surface area (Å²) in [4.78, 5) is 12.2. The van der Waals surface area contributed by atoms with E-state index in [-0.39, 0.29) is 5.91 Å². The Kier molecular flexibility index (Phi) is 4.81. The van der Waals surface area contributed by atoms with Crippen LogP contribution in [0.2, 0.25) is 0 Å². The molecule has 1 N–H and O–H groups in total. The van der Waals surface area contributed by atoms with Crippen LogP contribution in [-0.2, 0) is 0 Å². The van der Waals surface area contributed by atoms with Crippen LogP contribution in [0.4, 0.5) is 5.69 Å². The monoisotopic (exact) mass is 445 g/mol. The van der Waals surface area contributed by atoms with Crippen molar-refractivity contribution in [3.05, 3.63) is 60.9 Å². The van der Waals surface area contributed by atoms with Crippen LogP contribution >= 0.6 is 47.8 Å². The van der Waals surface area contributed by atoms with E-state index in [2.05, 4.69) is 53.1 Å². The van der Waals surface area contributed by atoms with Gasteiger partial charge in [0.05, 0.1) is 5.56 Å². The lowest BCUT2D eigenvalue weighted by Crippen LogP contribution is -2.12. The summed E-state index contributed by atoms with van der Waals surface area (Å²) in [5.41, 5.74) is 2.49. The number of carbonyl (C=O) groups excluding carboxylic acids is 1.